The molecule has 0 aliphatic rings. The highest BCUT2D eigenvalue weighted by atomic mass is 15.2. The molecule has 17 heavy (non-hydrogen) atoms. The first-order valence-corrected chi connectivity index (χ1v) is 5.52. The molecule has 0 bridgehead atoms. The van der Waals surface area contributed by atoms with Crippen LogP contribution in [0.4, 0.5) is 0 Å². The predicted octanol–water partition coefficient (Wildman–Crippen LogP) is 1.65. The van der Waals surface area contributed by atoms with Crippen LogP contribution in [0.15, 0.2) is 36.8 Å². The van der Waals surface area contributed by atoms with Gasteiger partial charge in [-0.15, -0.1) is 0 Å². The summed E-state index contributed by atoms with van der Waals surface area (Å²) < 4.78 is 0. The summed E-state index contributed by atoms with van der Waals surface area (Å²) in [5.74, 6) is 5.67. The van der Waals surface area contributed by atoms with E-state index >= 15 is 0 Å². The molecule has 0 saturated heterocycles. The Morgan fingerprint density at radius 3 is 2.65 bits per heavy atom. The molecular formula is C13H16N4. The Bertz CT molecular complexity index is 465. The van der Waals surface area contributed by atoms with Gasteiger partial charge in [-0.25, -0.2) is 5.43 Å². The van der Waals surface area contributed by atoms with Gasteiger partial charge in [-0.3, -0.25) is 15.8 Å². The third-order valence-electron chi connectivity index (χ3n) is 2.92. The first kappa shape index (κ1) is 11.7. The van der Waals surface area contributed by atoms with Crippen LogP contribution < -0.4 is 11.3 Å². The zero-order valence-corrected chi connectivity index (χ0v) is 10.0. The summed E-state index contributed by atoms with van der Waals surface area (Å²) in [4.78, 5) is 8.44. The average molecular weight is 228 g/mol. The van der Waals surface area contributed by atoms with Crippen molar-refractivity contribution in [2.75, 3.05) is 0 Å². The Morgan fingerprint density at radius 1 is 1.18 bits per heavy atom. The van der Waals surface area contributed by atoms with Gasteiger partial charge in [0.25, 0.3) is 0 Å². The predicted molar refractivity (Wildman–Crippen MR) is 67.1 cm³/mol. The van der Waals surface area contributed by atoms with Gasteiger partial charge in [0.15, 0.2) is 0 Å². The number of hydrogen-bond acceptors (Lipinski definition) is 4. The van der Waals surface area contributed by atoms with Crippen molar-refractivity contribution in [3.8, 4) is 0 Å². The lowest BCUT2D eigenvalue weighted by Crippen LogP contribution is -2.30. The van der Waals surface area contributed by atoms with Crippen molar-refractivity contribution in [1.82, 2.24) is 15.4 Å². The van der Waals surface area contributed by atoms with Crippen LogP contribution in [0, 0.1) is 13.8 Å². The van der Waals surface area contributed by atoms with Crippen molar-refractivity contribution in [2.24, 2.45) is 5.84 Å². The molecule has 2 aromatic heterocycles. The number of pyridine rings is 2. The normalized spacial score (nSPS) is 12.4. The number of nitrogens with zero attached hydrogens (tertiary/aromatic N) is 2. The molecule has 0 aliphatic carbocycles. The topological polar surface area (TPSA) is 63.8 Å². The largest absolute Gasteiger partial charge is 0.271 e. The molecule has 3 N–H and O–H groups in total. The van der Waals surface area contributed by atoms with Crippen molar-refractivity contribution < 1.29 is 0 Å². The van der Waals surface area contributed by atoms with Gasteiger partial charge in [0.2, 0.25) is 0 Å². The van der Waals surface area contributed by atoms with E-state index in [4.69, 9.17) is 5.84 Å². The van der Waals surface area contributed by atoms with Crippen LogP contribution in [-0.2, 0) is 0 Å². The van der Waals surface area contributed by atoms with Gasteiger partial charge in [-0.05, 0) is 42.7 Å². The molecule has 0 amide bonds. The SMILES string of the molecule is Cc1ccncc1C(NN)c1cccnc1C. The minimum absolute atomic E-state index is 0.0719. The van der Waals surface area contributed by atoms with Crippen LogP contribution >= 0.6 is 0 Å². The van der Waals surface area contributed by atoms with E-state index in [0.29, 0.717) is 0 Å². The second-order valence-electron chi connectivity index (χ2n) is 4.01. The van der Waals surface area contributed by atoms with E-state index in [0.717, 1.165) is 22.4 Å². The van der Waals surface area contributed by atoms with Gasteiger partial charge in [-0.2, -0.15) is 0 Å². The number of hydrogen-bond donors (Lipinski definition) is 2. The Morgan fingerprint density at radius 2 is 2.00 bits per heavy atom. The van der Waals surface area contributed by atoms with Crippen molar-refractivity contribution in [2.45, 2.75) is 19.9 Å². The highest BCUT2D eigenvalue weighted by molar-refractivity contribution is 5.36. The van der Waals surface area contributed by atoms with Gasteiger partial charge in [0.1, 0.15) is 0 Å². The van der Waals surface area contributed by atoms with Crippen LogP contribution in [0.3, 0.4) is 0 Å². The van der Waals surface area contributed by atoms with E-state index in [-0.39, 0.29) is 6.04 Å². The molecule has 0 aliphatic heterocycles. The summed E-state index contributed by atoms with van der Waals surface area (Å²) in [5, 5.41) is 0. The maximum Gasteiger partial charge on any atom is 0.0745 e. The first-order chi connectivity index (χ1) is 8.24. The fraction of sp³-hybridized carbons (Fsp3) is 0.231. The van der Waals surface area contributed by atoms with E-state index in [9.17, 15) is 0 Å². The minimum atomic E-state index is -0.0719. The van der Waals surface area contributed by atoms with E-state index in [2.05, 4.69) is 15.4 Å². The highest BCUT2D eigenvalue weighted by Gasteiger charge is 2.16. The molecule has 0 saturated carbocycles. The Kier molecular flexibility index (Phi) is 3.46. The third-order valence-corrected chi connectivity index (χ3v) is 2.92. The maximum absolute atomic E-state index is 5.67. The number of rotatable bonds is 3. The summed E-state index contributed by atoms with van der Waals surface area (Å²) in [6.07, 6.45) is 5.40. The number of nitrogens with two attached hydrogens (primary N) is 1. The maximum atomic E-state index is 5.67. The van der Waals surface area contributed by atoms with Gasteiger partial charge in [0.05, 0.1) is 6.04 Å². The fourth-order valence-electron chi connectivity index (χ4n) is 1.93. The van der Waals surface area contributed by atoms with Crippen LogP contribution in [0.2, 0.25) is 0 Å². The third kappa shape index (κ3) is 2.33. The standard InChI is InChI=1S/C13H16N4/c1-9-5-7-15-8-12(9)13(17-14)11-4-3-6-16-10(11)2/h3-8,13,17H,14H2,1-2H3. The molecular weight excluding hydrogens is 212 g/mol. The smallest absolute Gasteiger partial charge is 0.0745 e. The molecule has 1 atom stereocenters. The first-order valence-electron chi connectivity index (χ1n) is 5.52. The van der Waals surface area contributed by atoms with Crippen LogP contribution in [-0.4, -0.2) is 9.97 Å². The summed E-state index contributed by atoms with van der Waals surface area (Å²) >= 11 is 0. The Labute approximate surface area is 101 Å². The monoisotopic (exact) mass is 228 g/mol. The molecule has 0 fully saturated rings. The van der Waals surface area contributed by atoms with E-state index in [1.807, 2.05) is 38.2 Å². The number of aryl methyl sites for hydroxylation is 2. The van der Waals surface area contributed by atoms with Gasteiger partial charge in [-0.1, -0.05) is 6.07 Å². The highest BCUT2D eigenvalue weighted by Crippen LogP contribution is 2.24. The summed E-state index contributed by atoms with van der Waals surface area (Å²) in [7, 11) is 0. The lowest BCUT2D eigenvalue weighted by atomic mass is 9.96. The van der Waals surface area contributed by atoms with Crippen LogP contribution in [0.25, 0.3) is 0 Å². The van der Waals surface area contributed by atoms with Gasteiger partial charge < -0.3 is 0 Å². The van der Waals surface area contributed by atoms with Crippen LogP contribution in [0.1, 0.15) is 28.4 Å². The second kappa shape index (κ2) is 5.03. The van der Waals surface area contributed by atoms with Crippen LogP contribution in [0.5, 0.6) is 0 Å². The summed E-state index contributed by atoms with van der Waals surface area (Å²) in [5.41, 5.74) is 7.12. The van der Waals surface area contributed by atoms with Gasteiger partial charge in [0, 0.05) is 24.3 Å². The average Bonchev–Trinajstić information content (AvgIpc) is 2.34. The Hall–Kier alpha value is -1.78. The Balaban J connectivity index is 2.48. The van der Waals surface area contributed by atoms with E-state index < -0.39 is 0 Å². The lowest BCUT2D eigenvalue weighted by molar-refractivity contribution is 0.625. The number of hydrazine groups is 1. The summed E-state index contributed by atoms with van der Waals surface area (Å²) in [6, 6.07) is 5.85. The molecule has 2 rings (SSSR count). The molecule has 0 radical (unpaired) electrons. The van der Waals surface area contributed by atoms with E-state index in [1.54, 1.807) is 12.4 Å². The lowest BCUT2D eigenvalue weighted by Gasteiger charge is -2.19. The minimum Gasteiger partial charge on any atom is -0.271 e. The van der Waals surface area contributed by atoms with Crippen molar-refractivity contribution >= 4 is 0 Å². The number of nitrogens with one attached hydrogen (secondary N) is 1. The van der Waals surface area contributed by atoms with Gasteiger partial charge >= 0.3 is 0 Å². The molecule has 2 aromatic rings. The van der Waals surface area contributed by atoms with Crippen molar-refractivity contribution in [3.05, 3.63) is 59.2 Å². The molecule has 1 unspecified atom stereocenters. The van der Waals surface area contributed by atoms with E-state index in [1.165, 1.54) is 0 Å². The number of aromatic nitrogens is 2. The van der Waals surface area contributed by atoms with Crippen molar-refractivity contribution in [1.29, 1.82) is 0 Å². The molecule has 88 valence electrons. The molecule has 2 heterocycles. The molecule has 4 heteroatoms. The second-order valence-corrected chi connectivity index (χ2v) is 4.01. The zero-order chi connectivity index (χ0) is 12.3. The summed E-state index contributed by atoms with van der Waals surface area (Å²) in [6.45, 7) is 4.03. The fourth-order valence-corrected chi connectivity index (χ4v) is 1.93. The molecule has 0 aromatic carbocycles. The van der Waals surface area contributed by atoms with Crippen molar-refractivity contribution in [3.63, 3.8) is 0 Å². The molecule has 4 nitrogen and oxygen atoms in total. The zero-order valence-electron chi connectivity index (χ0n) is 10.0. The quantitative estimate of drug-likeness (QED) is 0.619. The molecule has 0 spiro atoms.